The highest BCUT2D eigenvalue weighted by molar-refractivity contribution is 14.0. The monoisotopic (exact) mass is 507 g/mol. The minimum atomic E-state index is 0. The van der Waals surface area contributed by atoms with Crippen molar-refractivity contribution in [1.29, 1.82) is 0 Å². The smallest absolute Gasteiger partial charge is 0.189 e. The molecule has 0 unspecified atom stereocenters. The van der Waals surface area contributed by atoms with Crippen LogP contribution >= 0.6 is 24.0 Å². The molecule has 0 atom stereocenters. The molecule has 3 N–H and O–H groups in total. The van der Waals surface area contributed by atoms with Crippen LogP contribution in [0.2, 0.25) is 0 Å². The number of aliphatic imine (C=N–C) groups is 1. The average molecular weight is 507 g/mol. The van der Waals surface area contributed by atoms with Gasteiger partial charge in [-0.05, 0) is 34.9 Å². The molecule has 0 amide bonds. The van der Waals surface area contributed by atoms with Crippen molar-refractivity contribution in [3.8, 4) is 22.6 Å². The largest absolute Gasteiger partial charge is 0.493 e. The second-order valence-corrected chi connectivity index (χ2v) is 6.35. The molecule has 8 heteroatoms. The van der Waals surface area contributed by atoms with Crippen molar-refractivity contribution >= 4 is 29.9 Å². The summed E-state index contributed by atoms with van der Waals surface area (Å²) in [5.74, 6) is 1.77. The van der Waals surface area contributed by atoms with E-state index in [1.54, 1.807) is 18.9 Å². The SMILES string of the molecule is COc1ccc(CNC(N)=NCc2cccc(-c3cnn(C)c3)c2)cc1OC.I. The number of ether oxygens (including phenoxy) is 2. The summed E-state index contributed by atoms with van der Waals surface area (Å²) in [6.07, 6.45) is 3.84. The molecule has 0 saturated carbocycles. The molecule has 154 valence electrons. The number of aromatic nitrogens is 2. The first-order valence-electron chi connectivity index (χ1n) is 8.91. The molecule has 0 aliphatic rings. The lowest BCUT2D eigenvalue weighted by atomic mass is 10.1. The summed E-state index contributed by atoms with van der Waals surface area (Å²) in [5.41, 5.74) is 10.3. The van der Waals surface area contributed by atoms with E-state index in [4.69, 9.17) is 15.2 Å². The van der Waals surface area contributed by atoms with Crippen LogP contribution in [0.25, 0.3) is 11.1 Å². The van der Waals surface area contributed by atoms with Gasteiger partial charge in [0.2, 0.25) is 0 Å². The fraction of sp³-hybridized carbons (Fsp3) is 0.238. The van der Waals surface area contributed by atoms with Gasteiger partial charge < -0.3 is 20.5 Å². The molecular weight excluding hydrogens is 481 g/mol. The van der Waals surface area contributed by atoms with Crippen molar-refractivity contribution in [3.63, 3.8) is 0 Å². The van der Waals surface area contributed by atoms with Gasteiger partial charge in [-0.3, -0.25) is 4.68 Å². The predicted octanol–water partition coefficient (Wildman–Crippen LogP) is 3.33. The quantitative estimate of drug-likeness (QED) is 0.291. The number of hydrogen-bond acceptors (Lipinski definition) is 4. The maximum Gasteiger partial charge on any atom is 0.189 e. The van der Waals surface area contributed by atoms with Gasteiger partial charge in [-0.25, -0.2) is 4.99 Å². The summed E-state index contributed by atoms with van der Waals surface area (Å²) in [4.78, 5) is 4.43. The normalized spacial score (nSPS) is 10.9. The van der Waals surface area contributed by atoms with E-state index in [2.05, 4.69) is 27.5 Å². The van der Waals surface area contributed by atoms with E-state index in [0.29, 0.717) is 30.5 Å². The number of guanidine groups is 1. The summed E-state index contributed by atoms with van der Waals surface area (Å²) >= 11 is 0. The molecule has 3 rings (SSSR count). The maximum absolute atomic E-state index is 6.02. The van der Waals surface area contributed by atoms with Crippen molar-refractivity contribution in [3.05, 3.63) is 66.0 Å². The molecule has 0 fully saturated rings. The minimum Gasteiger partial charge on any atom is -0.493 e. The van der Waals surface area contributed by atoms with Crippen LogP contribution in [0.1, 0.15) is 11.1 Å². The highest BCUT2D eigenvalue weighted by Crippen LogP contribution is 2.27. The Morgan fingerprint density at radius 1 is 1.07 bits per heavy atom. The van der Waals surface area contributed by atoms with E-state index >= 15 is 0 Å². The zero-order valence-corrected chi connectivity index (χ0v) is 19.1. The van der Waals surface area contributed by atoms with Crippen molar-refractivity contribution in [2.75, 3.05) is 14.2 Å². The van der Waals surface area contributed by atoms with Crippen LogP contribution in [0, 0.1) is 0 Å². The predicted molar refractivity (Wildman–Crippen MR) is 126 cm³/mol. The molecule has 0 bridgehead atoms. The zero-order valence-electron chi connectivity index (χ0n) is 16.8. The number of aryl methyl sites for hydroxylation is 1. The summed E-state index contributed by atoms with van der Waals surface area (Å²) in [6, 6.07) is 13.9. The average Bonchev–Trinajstić information content (AvgIpc) is 3.17. The Bertz CT molecular complexity index is 971. The fourth-order valence-corrected chi connectivity index (χ4v) is 2.84. The van der Waals surface area contributed by atoms with Crippen molar-refractivity contribution in [1.82, 2.24) is 15.1 Å². The Kier molecular flexibility index (Phi) is 8.32. The lowest BCUT2D eigenvalue weighted by molar-refractivity contribution is 0.354. The van der Waals surface area contributed by atoms with E-state index in [9.17, 15) is 0 Å². The van der Waals surface area contributed by atoms with Gasteiger partial charge in [0.1, 0.15) is 0 Å². The van der Waals surface area contributed by atoms with Gasteiger partial charge in [0.15, 0.2) is 17.5 Å². The summed E-state index contributed by atoms with van der Waals surface area (Å²) in [7, 11) is 5.14. The number of rotatable bonds is 7. The topological polar surface area (TPSA) is 86.7 Å². The van der Waals surface area contributed by atoms with Gasteiger partial charge >= 0.3 is 0 Å². The van der Waals surface area contributed by atoms with E-state index in [1.807, 2.05) is 49.8 Å². The number of nitrogens with one attached hydrogen (secondary N) is 1. The molecule has 29 heavy (non-hydrogen) atoms. The van der Waals surface area contributed by atoms with Crippen LogP contribution in [0.5, 0.6) is 11.5 Å². The van der Waals surface area contributed by atoms with Crippen molar-refractivity contribution in [2.45, 2.75) is 13.1 Å². The van der Waals surface area contributed by atoms with Crippen LogP contribution in [-0.4, -0.2) is 30.0 Å². The molecule has 7 nitrogen and oxygen atoms in total. The molecule has 0 spiro atoms. The summed E-state index contributed by atoms with van der Waals surface area (Å²) in [6.45, 7) is 1.05. The minimum absolute atomic E-state index is 0. The van der Waals surface area contributed by atoms with Crippen LogP contribution in [0.3, 0.4) is 0 Å². The molecule has 1 heterocycles. The first-order valence-corrected chi connectivity index (χ1v) is 8.91. The second-order valence-electron chi connectivity index (χ2n) is 6.35. The Balaban J connectivity index is 0.00000300. The zero-order chi connectivity index (χ0) is 19.9. The number of nitrogens with zero attached hydrogens (tertiary/aromatic N) is 3. The van der Waals surface area contributed by atoms with E-state index in [-0.39, 0.29) is 24.0 Å². The van der Waals surface area contributed by atoms with Gasteiger partial charge in [0, 0.05) is 25.4 Å². The third-order valence-electron chi connectivity index (χ3n) is 4.32. The van der Waals surface area contributed by atoms with Crippen LogP contribution in [0.15, 0.2) is 59.9 Å². The maximum atomic E-state index is 6.02. The number of hydrogen-bond donors (Lipinski definition) is 2. The van der Waals surface area contributed by atoms with E-state index in [0.717, 1.165) is 22.3 Å². The molecule has 0 aliphatic heterocycles. The lowest BCUT2D eigenvalue weighted by Crippen LogP contribution is -2.31. The highest BCUT2D eigenvalue weighted by Gasteiger charge is 2.05. The Hall–Kier alpha value is -2.75. The second kappa shape index (κ2) is 10.7. The molecule has 0 saturated heterocycles. The van der Waals surface area contributed by atoms with Crippen LogP contribution < -0.4 is 20.5 Å². The highest BCUT2D eigenvalue weighted by atomic mass is 127. The number of halogens is 1. The first-order chi connectivity index (χ1) is 13.6. The van der Waals surface area contributed by atoms with Gasteiger partial charge in [-0.1, -0.05) is 24.3 Å². The standard InChI is InChI=1S/C21H25N5O2.HI/c1-26-14-18(13-25-26)17-6-4-5-15(9-17)11-23-21(22)24-12-16-7-8-19(27-2)20(10-16)28-3;/h4-10,13-14H,11-12H2,1-3H3,(H3,22,23,24);1H. The molecule has 1 aromatic heterocycles. The van der Waals surface area contributed by atoms with Gasteiger partial charge in [-0.15, -0.1) is 24.0 Å². The molecule has 0 aliphatic carbocycles. The molecular formula is C21H26IN5O2. The number of methoxy groups -OCH3 is 2. The van der Waals surface area contributed by atoms with Gasteiger partial charge in [-0.2, -0.15) is 5.10 Å². The Morgan fingerprint density at radius 3 is 2.55 bits per heavy atom. The van der Waals surface area contributed by atoms with Gasteiger partial charge in [0.05, 0.1) is 27.0 Å². The molecule has 0 radical (unpaired) electrons. The van der Waals surface area contributed by atoms with Gasteiger partial charge in [0.25, 0.3) is 0 Å². The summed E-state index contributed by atoms with van der Waals surface area (Å²) < 4.78 is 12.4. The van der Waals surface area contributed by atoms with Crippen molar-refractivity contribution < 1.29 is 9.47 Å². The lowest BCUT2D eigenvalue weighted by Gasteiger charge is -2.10. The van der Waals surface area contributed by atoms with E-state index < -0.39 is 0 Å². The van der Waals surface area contributed by atoms with E-state index in [1.165, 1.54) is 0 Å². The third-order valence-corrected chi connectivity index (χ3v) is 4.32. The Morgan fingerprint density at radius 2 is 1.86 bits per heavy atom. The number of nitrogens with two attached hydrogens (primary N) is 1. The number of benzene rings is 2. The van der Waals surface area contributed by atoms with Crippen LogP contribution in [0.4, 0.5) is 0 Å². The molecule has 3 aromatic rings. The Labute approximate surface area is 187 Å². The van der Waals surface area contributed by atoms with Crippen LogP contribution in [-0.2, 0) is 20.1 Å². The summed E-state index contributed by atoms with van der Waals surface area (Å²) in [5, 5.41) is 7.34. The fourth-order valence-electron chi connectivity index (χ4n) is 2.84. The first kappa shape index (κ1) is 22.5. The third kappa shape index (κ3) is 6.11. The van der Waals surface area contributed by atoms with Crippen molar-refractivity contribution in [2.24, 2.45) is 17.8 Å². The molecule has 2 aromatic carbocycles.